The van der Waals surface area contributed by atoms with E-state index in [2.05, 4.69) is 32.9 Å². The molecule has 0 aliphatic carbocycles. The van der Waals surface area contributed by atoms with Crippen LogP contribution < -0.4 is 0 Å². The van der Waals surface area contributed by atoms with Gasteiger partial charge in [-0.05, 0) is 44.0 Å². The quantitative estimate of drug-likeness (QED) is 0.896. The summed E-state index contributed by atoms with van der Waals surface area (Å²) in [6, 6.07) is 11.4. The van der Waals surface area contributed by atoms with E-state index in [0.29, 0.717) is 5.56 Å². The number of benzene rings is 2. The fraction of sp³-hybridized carbons (Fsp3) is 0.188. The molecule has 0 radical (unpaired) electrons. The Labute approximate surface area is 117 Å². The van der Waals surface area contributed by atoms with Crippen LogP contribution >= 0.6 is 11.8 Å². The summed E-state index contributed by atoms with van der Waals surface area (Å²) >= 11 is 1.52. The van der Waals surface area contributed by atoms with Crippen LogP contribution in [0.1, 0.15) is 27.0 Å². The summed E-state index contributed by atoms with van der Waals surface area (Å²) < 4.78 is 0. The van der Waals surface area contributed by atoms with Gasteiger partial charge in [0.05, 0.1) is 5.56 Å². The van der Waals surface area contributed by atoms with Gasteiger partial charge in [-0.25, -0.2) is 4.79 Å². The maximum atomic E-state index is 11.2. The molecule has 0 bridgehead atoms. The van der Waals surface area contributed by atoms with Crippen LogP contribution in [-0.4, -0.2) is 11.1 Å². The van der Waals surface area contributed by atoms with Crippen molar-refractivity contribution in [3.05, 3.63) is 58.7 Å². The van der Waals surface area contributed by atoms with Gasteiger partial charge in [-0.3, -0.25) is 0 Å². The third-order valence-corrected chi connectivity index (χ3v) is 4.36. The molecular formula is C16H16O2S. The van der Waals surface area contributed by atoms with Crippen LogP contribution in [0.15, 0.2) is 46.2 Å². The standard InChI is InChI=1S/C16H16O2S/c1-10-8-11(2)15(12(3)9-10)19-14-7-5-4-6-13(14)16(17)18/h4-9H,1-3H3,(H,17,18). The number of rotatable bonds is 3. The van der Waals surface area contributed by atoms with Gasteiger partial charge in [0.15, 0.2) is 0 Å². The van der Waals surface area contributed by atoms with Crippen molar-refractivity contribution in [1.29, 1.82) is 0 Å². The predicted molar refractivity (Wildman–Crippen MR) is 78.2 cm³/mol. The summed E-state index contributed by atoms with van der Waals surface area (Å²) in [5, 5.41) is 9.21. The number of aryl methyl sites for hydroxylation is 3. The van der Waals surface area contributed by atoms with Gasteiger partial charge in [0.2, 0.25) is 0 Å². The molecule has 19 heavy (non-hydrogen) atoms. The molecule has 0 spiro atoms. The smallest absolute Gasteiger partial charge is 0.336 e. The molecule has 3 heteroatoms. The molecular weight excluding hydrogens is 256 g/mol. The van der Waals surface area contributed by atoms with Crippen molar-refractivity contribution in [1.82, 2.24) is 0 Å². The molecule has 0 atom stereocenters. The lowest BCUT2D eigenvalue weighted by atomic mass is 10.1. The van der Waals surface area contributed by atoms with Crippen LogP contribution in [0.4, 0.5) is 0 Å². The second kappa shape index (κ2) is 5.49. The highest BCUT2D eigenvalue weighted by Gasteiger charge is 2.12. The average molecular weight is 272 g/mol. The summed E-state index contributed by atoms with van der Waals surface area (Å²) in [5.74, 6) is -0.884. The highest BCUT2D eigenvalue weighted by atomic mass is 32.2. The second-order valence-corrected chi connectivity index (χ2v) is 5.68. The maximum absolute atomic E-state index is 11.2. The Balaban J connectivity index is 2.45. The third-order valence-electron chi connectivity index (χ3n) is 2.93. The average Bonchev–Trinajstić information content (AvgIpc) is 2.34. The highest BCUT2D eigenvalue weighted by molar-refractivity contribution is 7.99. The van der Waals surface area contributed by atoms with E-state index < -0.39 is 5.97 Å². The molecule has 0 unspecified atom stereocenters. The van der Waals surface area contributed by atoms with Gasteiger partial charge in [0, 0.05) is 9.79 Å². The first kappa shape index (κ1) is 13.7. The zero-order chi connectivity index (χ0) is 14.0. The van der Waals surface area contributed by atoms with Crippen molar-refractivity contribution in [2.75, 3.05) is 0 Å². The Morgan fingerprint density at radius 3 is 2.21 bits per heavy atom. The first-order chi connectivity index (χ1) is 8.99. The molecule has 2 rings (SSSR count). The van der Waals surface area contributed by atoms with Crippen LogP contribution in [0, 0.1) is 20.8 Å². The molecule has 0 aliphatic rings. The van der Waals surface area contributed by atoms with Crippen molar-refractivity contribution in [3.63, 3.8) is 0 Å². The lowest BCUT2D eigenvalue weighted by Gasteiger charge is -2.12. The Morgan fingerprint density at radius 1 is 1.05 bits per heavy atom. The van der Waals surface area contributed by atoms with Crippen molar-refractivity contribution < 1.29 is 9.90 Å². The van der Waals surface area contributed by atoms with Gasteiger partial charge in [0.1, 0.15) is 0 Å². The van der Waals surface area contributed by atoms with Crippen LogP contribution in [0.25, 0.3) is 0 Å². The molecule has 2 aromatic carbocycles. The molecule has 0 fully saturated rings. The van der Waals surface area contributed by atoms with Crippen LogP contribution in [0.2, 0.25) is 0 Å². The summed E-state index contributed by atoms with van der Waals surface area (Å²) in [6.07, 6.45) is 0. The second-order valence-electron chi connectivity index (χ2n) is 4.63. The van der Waals surface area contributed by atoms with Crippen molar-refractivity contribution >= 4 is 17.7 Å². The molecule has 2 aromatic rings. The van der Waals surface area contributed by atoms with E-state index in [9.17, 15) is 9.90 Å². The summed E-state index contributed by atoms with van der Waals surface area (Å²) in [7, 11) is 0. The Morgan fingerprint density at radius 2 is 1.63 bits per heavy atom. The molecule has 1 N–H and O–H groups in total. The van der Waals surface area contributed by atoms with Gasteiger partial charge < -0.3 is 5.11 Å². The number of carboxylic acid groups (broad SMARTS) is 1. The Hall–Kier alpha value is -1.74. The lowest BCUT2D eigenvalue weighted by molar-refractivity contribution is 0.0693. The zero-order valence-corrected chi connectivity index (χ0v) is 12.0. The summed E-state index contributed by atoms with van der Waals surface area (Å²) in [4.78, 5) is 13.1. The fourth-order valence-electron chi connectivity index (χ4n) is 2.17. The fourth-order valence-corrected chi connectivity index (χ4v) is 3.24. The minimum absolute atomic E-state index is 0.354. The molecule has 0 saturated carbocycles. The van der Waals surface area contributed by atoms with Crippen LogP contribution in [-0.2, 0) is 0 Å². The van der Waals surface area contributed by atoms with Gasteiger partial charge in [-0.2, -0.15) is 0 Å². The predicted octanol–water partition coefficient (Wildman–Crippen LogP) is 4.46. The maximum Gasteiger partial charge on any atom is 0.336 e. The number of hydrogen-bond donors (Lipinski definition) is 1. The van der Waals surface area contributed by atoms with Gasteiger partial charge >= 0.3 is 5.97 Å². The topological polar surface area (TPSA) is 37.3 Å². The normalized spacial score (nSPS) is 10.5. The largest absolute Gasteiger partial charge is 0.478 e. The molecule has 0 aromatic heterocycles. The van der Waals surface area contributed by atoms with Crippen LogP contribution in [0.3, 0.4) is 0 Å². The molecule has 2 nitrogen and oxygen atoms in total. The van der Waals surface area contributed by atoms with Gasteiger partial charge in [-0.1, -0.05) is 41.6 Å². The lowest BCUT2D eigenvalue weighted by Crippen LogP contribution is -1.98. The first-order valence-electron chi connectivity index (χ1n) is 6.07. The summed E-state index contributed by atoms with van der Waals surface area (Å²) in [5.41, 5.74) is 3.95. The number of carbonyl (C=O) groups is 1. The molecule has 0 amide bonds. The van der Waals surface area contributed by atoms with Gasteiger partial charge in [0.25, 0.3) is 0 Å². The number of carboxylic acids is 1. The van der Waals surface area contributed by atoms with Crippen LogP contribution in [0.5, 0.6) is 0 Å². The monoisotopic (exact) mass is 272 g/mol. The van der Waals surface area contributed by atoms with E-state index in [4.69, 9.17) is 0 Å². The van der Waals surface area contributed by atoms with E-state index in [1.165, 1.54) is 28.5 Å². The minimum atomic E-state index is -0.884. The van der Waals surface area contributed by atoms with Crippen molar-refractivity contribution in [2.45, 2.75) is 30.6 Å². The first-order valence-corrected chi connectivity index (χ1v) is 6.88. The minimum Gasteiger partial charge on any atom is -0.478 e. The SMILES string of the molecule is Cc1cc(C)c(Sc2ccccc2C(=O)O)c(C)c1. The number of hydrogen-bond acceptors (Lipinski definition) is 2. The van der Waals surface area contributed by atoms with Crippen molar-refractivity contribution in [3.8, 4) is 0 Å². The van der Waals surface area contributed by atoms with E-state index >= 15 is 0 Å². The van der Waals surface area contributed by atoms with Crippen molar-refractivity contribution in [2.24, 2.45) is 0 Å². The zero-order valence-electron chi connectivity index (χ0n) is 11.2. The number of aromatic carboxylic acids is 1. The van der Waals surface area contributed by atoms with E-state index in [-0.39, 0.29) is 0 Å². The summed E-state index contributed by atoms with van der Waals surface area (Å²) in [6.45, 7) is 6.19. The molecule has 98 valence electrons. The molecule has 0 aliphatic heterocycles. The molecule has 0 saturated heterocycles. The highest BCUT2D eigenvalue weighted by Crippen LogP contribution is 2.35. The Kier molecular flexibility index (Phi) is 3.96. The van der Waals surface area contributed by atoms with E-state index in [1.54, 1.807) is 12.1 Å². The van der Waals surface area contributed by atoms with E-state index in [1.807, 2.05) is 12.1 Å². The third kappa shape index (κ3) is 2.99. The van der Waals surface area contributed by atoms with Gasteiger partial charge in [-0.15, -0.1) is 0 Å². The van der Waals surface area contributed by atoms with E-state index in [0.717, 1.165) is 9.79 Å². The molecule has 0 heterocycles. The Bertz CT molecular complexity index is 609.